The highest BCUT2D eigenvalue weighted by Crippen LogP contribution is 2.31. The Kier molecular flexibility index (Phi) is 6.15. The van der Waals surface area contributed by atoms with E-state index in [9.17, 15) is 8.78 Å². The van der Waals surface area contributed by atoms with Crippen LogP contribution in [0.3, 0.4) is 0 Å². The molecule has 2 aromatic rings. The molecule has 2 nitrogen and oxygen atoms in total. The number of hydrogen-bond acceptors (Lipinski definition) is 2. The third kappa shape index (κ3) is 4.31. The average Bonchev–Trinajstić information content (AvgIpc) is 2.57. The van der Waals surface area contributed by atoms with Gasteiger partial charge in [0.05, 0.1) is 12.9 Å². The Bertz CT molecular complexity index is 664. The molecule has 4 heteroatoms. The lowest BCUT2D eigenvalue weighted by Gasteiger charge is -2.09. The van der Waals surface area contributed by atoms with E-state index < -0.39 is 11.6 Å². The topological polar surface area (TPSA) is 18.5 Å². The van der Waals surface area contributed by atoms with Crippen LogP contribution >= 0.6 is 0 Å². The van der Waals surface area contributed by atoms with E-state index in [2.05, 4.69) is 6.92 Å². The molecule has 0 saturated carbocycles. The van der Waals surface area contributed by atoms with Gasteiger partial charge >= 0.3 is 0 Å². The van der Waals surface area contributed by atoms with Gasteiger partial charge in [0.2, 0.25) is 5.82 Å². The molecular formula is C19H20F2O2. The standard InChI is InChI=1S/C19H20F2O2/c1-3-5-13-22-15-8-6-14(7-9-15)16-10-11-17(23-12-4-2)19(21)18(16)20/h4,6-12H,3,5,13H2,1-2H3/b12-4+. The second kappa shape index (κ2) is 8.32. The largest absolute Gasteiger partial charge is 0.494 e. The molecule has 0 radical (unpaired) electrons. The lowest BCUT2D eigenvalue weighted by Crippen LogP contribution is -1.97. The first-order valence-electron chi connectivity index (χ1n) is 7.66. The Labute approximate surface area is 135 Å². The van der Waals surface area contributed by atoms with E-state index in [-0.39, 0.29) is 11.3 Å². The molecule has 0 spiro atoms. The van der Waals surface area contributed by atoms with Crippen LogP contribution in [0.2, 0.25) is 0 Å². The SMILES string of the molecule is C/C=C/Oc1ccc(-c2ccc(OCCCC)cc2)c(F)c1F. The Morgan fingerprint density at radius 1 is 1.00 bits per heavy atom. The number of unbranched alkanes of at least 4 members (excludes halogenated alkanes) is 1. The van der Waals surface area contributed by atoms with Gasteiger partial charge in [-0.1, -0.05) is 31.6 Å². The van der Waals surface area contributed by atoms with Crippen molar-refractivity contribution in [1.82, 2.24) is 0 Å². The van der Waals surface area contributed by atoms with Gasteiger partial charge in [-0.05, 0) is 43.2 Å². The number of rotatable bonds is 7. The molecule has 0 heterocycles. The molecule has 0 aromatic heterocycles. The Morgan fingerprint density at radius 2 is 1.74 bits per heavy atom. The maximum Gasteiger partial charge on any atom is 0.201 e. The van der Waals surface area contributed by atoms with Crippen molar-refractivity contribution in [2.24, 2.45) is 0 Å². The van der Waals surface area contributed by atoms with Crippen LogP contribution in [-0.2, 0) is 0 Å². The summed E-state index contributed by atoms with van der Waals surface area (Å²) < 4.78 is 38.8. The zero-order chi connectivity index (χ0) is 16.7. The second-order valence-corrected chi connectivity index (χ2v) is 5.05. The number of allylic oxidation sites excluding steroid dienone is 1. The van der Waals surface area contributed by atoms with Gasteiger partial charge in [0, 0.05) is 5.56 Å². The summed E-state index contributed by atoms with van der Waals surface area (Å²) in [6, 6.07) is 9.86. The van der Waals surface area contributed by atoms with Gasteiger partial charge < -0.3 is 9.47 Å². The van der Waals surface area contributed by atoms with Gasteiger partial charge in [-0.15, -0.1) is 0 Å². The van der Waals surface area contributed by atoms with Gasteiger partial charge in [0.1, 0.15) is 5.75 Å². The minimum absolute atomic E-state index is 0.135. The van der Waals surface area contributed by atoms with Gasteiger partial charge in [0.25, 0.3) is 0 Å². The van der Waals surface area contributed by atoms with Crippen molar-refractivity contribution < 1.29 is 18.3 Å². The smallest absolute Gasteiger partial charge is 0.201 e. The summed E-state index contributed by atoms with van der Waals surface area (Å²) >= 11 is 0. The van der Waals surface area contributed by atoms with Gasteiger partial charge in [-0.2, -0.15) is 4.39 Å². The van der Waals surface area contributed by atoms with Crippen molar-refractivity contribution in [1.29, 1.82) is 0 Å². The molecule has 23 heavy (non-hydrogen) atoms. The van der Waals surface area contributed by atoms with Crippen LogP contribution in [0, 0.1) is 11.6 Å². The van der Waals surface area contributed by atoms with E-state index in [1.807, 2.05) is 0 Å². The highest BCUT2D eigenvalue weighted by atomic mass is 19.2. The van der Waals surface area contributed by atoms with Crippen molar-refractivity contribution >= 4 is 0 Å². The first-order chi connectivity index (χ1) is 11.2. The minimum atomic E-state index is -0.996. The van der Waals surface area contributed by atoms with Crippen LogP contribution in [0.15, 0.2) is 48.7 Å². The molecule has 0 saturated heterocycles. The third-order valence-electron chi connectivity index (χ3n) is 3.31. The molecular weight excluding hydrogens is 298 g/mol. The summed E-state index contributed by atoms with van der Waals surface area (Å²) in [6.45, 7) is 4.47. The van der Waals surface area contributed by atoms with Crippen LogP contribution in [-0.4, -0.2) is 6.61 Å². The lowest BCUT2D eigenvalue weighted by atomic mass is 10.0. The molecule has 0 aliphatic heterocycles. The van der Waals surface area contributed by atoms with E-state index in [1.165, 1.54) is 18.4 Å². The molecule has 0 atom stereocenters. The summed E-state index contributed by atoms with van der Waals surface area (Å²) in [5.74, 6) is -1.34. The minimum Gasteiger partial charge on any atom is -0.494 e. The van der Waals surface area contributed by atoms with Crippen molar-refractivity contribution in [2.45, 2.75) is 26.7 Å². The first kappa shape index (κ1) is 17.0. The highest BCUT2D eigenvalue weighted by Gasteiger charge is 2.15. The Hall–Kier alpha value is -2.36. The van der Waals surface area contributed by atoms with E-state index in [0.29, 0.717) is 12.2 Å². The Balaban J connectivity index is 2.19. The normalized spacial score (nSPS) is 11.0. The van der Waals surface area contributed by atoms with Crippen molar-refractivity contribution in [3.63, 3.8) is 0 Å². The summed E-state index contributed by atoms with van der Waals surface area (Å²) in [4.78, 5) is 0. The fourth-order valence-electron chi connectivity index (χ4n) is 2.05. The van der Waals surface area contributed by atoms with Crippen molar-refractivity contribution in [3.05, 3.63) is 60.4 Å². The maximum atomic E-state index is 14.2. The average molecular weight is 318 g/mol. The summed E-state index contributed by atoms with van der Waals surface area (Å²) in [7, 11) is 0. The molecule has 0 fully saturated rings. The zero-order valence-electron chi connectivity index (χ0n) is 13.3. The molecule has 2 rings (SSSR count). The maximum absolute atomic E-state index is 14.2. The monoisotopic (exact) mass is 318 g/mol. The first-order valence-corrected chi connectivity index (χ1v) is 7.66. The van der Waals surface area contributed by atoms with Crippen LogP contribution in [0.1, 0.15) is 26.7 Å². The zero-order valence-corrected chi connectivity index (χ0v) is 13.3. The summed E-state index contributed by atoms with van der Waals surface area (Å²) in [5.41, 5.74) is 0.775. The number of hydrogen-bond donors (Lipinski definition) is 0. The molecule has 2 aromatic carbocycles. The summed E-state index contributed by atoms with van der Waals surface area (Å²) in [5, 5.41) is 0. The van der Waals surface area contributed by atoms with Crippen LogP contribution in [0.4, 0.5) is 8.78 Å². The predicted molar refractivity (Wildman–Crippen MR) is 87.6 cm³/mol. The van der Waals surface area contributed by atoms with Gasteiger partial charge in [-0.25, -0.2) is 4.39 Å². The number of halogens is 2. The lowest BCUT2D eigenvalue weighted by molar-refractivity contribution is 0.309. The van der Waals surface area contributed by atoms with Gasteiger partial charge in [-0.3, -0.25) is 0 Å². The van der Waals surface area contributed by atoms with Crippen LogP contribution in [0.25, 0.3) is 11.1 Å². The molecule has 0 bridgehead atoms. The van der Waals surface area contributed by atoms with Crippen LogP contribution in [0.5, 0.6) is 11.5 Å². The van der Waals surface area contributed by atoms with E-state index >= 15 is 0 Å². The van der Waals surface area contributed by atoms with Crippen molar-refractivity contribution in [2.75, 3.05) is 6.61 Å². The third-order valence-corrected chi connectivity index (χ3v) is 3.31. The molecule has 0 aliphatic carbocycles. The highest BCUT2D eigenvalue weighted by molar-refractivity contribution is 5.66. The molecule has 0 aliphatic rings. The van der Waals surface area contributed by atoms with E-state index in [1.54, 1.807) is 37.3 Å². The molecule has 0 unspecified atom stereocenters. The molecule has 0 N–H and O–H groups in total. The quantitative estimate of drug-likeness (QED) is 0.480. The fraction of sp³-hybridized carbons (Fsp3) is 0.263. The second-order valence-electron chi connectivity index (χ2n) is 5.05. The van der Waals surface area contributed by atoms with Gasteiger partial charge in [0.15, 0.2) is 11.6 Å². The van der Waals surface area contributed by atoms with Crippen LogP contribution < -0.4 is 9.47 Å². The Morgan fingerprint density at radius 3 is 2.39 bits per heavy atom. The number of ether oxygens (including phenoxy) is 2. The fourth-order valence-corrected chi connectivity index (χ4v) is 2.05. The van der Waals surface area contributed by atoms with E-state index in [0.717, 1.165) is 18.6 Å². The summed E-state index contributed by atoms with van der Waals surface area (Å²) in [6.07, 6.45) is 4.95. The molecule has 122 valence electrons. The van der Waals surface area contributed by atoms with Crippen molar-refractivity contribution in [3.8, 4) is 22.6 Å². The molecule has 0 amide bonds. The van der Waals surface area contributed by atoms with E-state index in [4.69, 9.17) is 9.47 Å². The number of benzene rings is 2. The predicted octanol–water partition coefficient (Wildman–Crippen LogP) is 5.72.